The molecule has 31 heavy (non-hydrogen) atoms. The monoisotopic (exact) mass is 419 g/mol. The van der Waals surface area contributed by atoms with Gasteiger partial charge >= 0.3 is 0 Å². The third-order valence-corrected chi connectivity index (χ3v) is 5.59. The van der Waals surface area contributed by atoms with E-state index in [4.69, 9.17) is 4.74 Å². The van der Waals surface area contributed by atoms with Gasteiger partial charge in [0.25, 0.3) is 5.91 Å². The lowest BCUT2D eigenvalue weighted by atomic mass is 10.1. The van der Waals surface area contributed by atoms with Crippen molar-refractivity contribution >= 4 is 11.7 Å². The number of aromatic nitrogens is 3. The molecule has 1 aliphatic carbocycles. The van der Waals surface area contributed by atoms with Crippen LogP contribution in [-0.4, -0.2) is 39.4 Å². The van der Waals surface area contributed by atoms with E-state index < -0.39 is 0 Å². The number of hydrogen-bond donors (Lipinski definition) is 2. The number of benzene rings is 1. The Labute approximate surface area is 182 Å². The molecule has 3 aromatic rings. The lowest BCUT2D eigenvalue weighted by molar-refractivity contribution is 0.0272. The Morgan fingerprint density at radius 3 is 2.77 bits per heavy atom. The van der Waals surface area contributed by atoms with Crippen molar-refractivity contribution in [2.75, 3.05) is 11.9 Å². The third-order valence-electron chi connectivity index (χ3n) is 5.59. The second-order valence-corrected chi connectivity index (χ2v) is 7.90. The number of nitrogens with one attached hydrogen (secondary N) is 2. The molecule has 4 rings (SSSR count). The summed E-state index contributed by atoms with van der Waals surface area (Å²) in [5.41, 5.74) is 3.47. The van der Waals surface area contributed by atoms with Crippen LogP contribution in [0.15, 0.2) is 55.0 Å². The second kappa shape index (κ2) is 9.75. The molecule has 2 N–H and O–H groups in total. The number of pyridine rings is 1. The minimum absolute atomic E-state index is 0.00673. The molecular weight excluding hydrogens is 390 g/mol. The van der Waals surface area contributed by atoms with Crippen molar-refractivity contribution in [1.29, 1.82) is 0 Å². The molecule has 1 amide bonds. The van der Waals surface area contributed by atoms with Crippen LogP contribution in [0.2, 0.25) is 0 Å². The summed E-state index contributed by atoms with van der Waals surface area (Å²) in [6, 6.07) is 12.0. The Bertz CT molecular complexity index is 1020. The Morgan fingerprint density at radius 2 is 2.03 bits per heavy atom. The molecule has 7 nitrogen and oxygen atoms in total. The minimum atomic E-state index is -0.130. The molecule has 0 bridgehead atoms. The summed E-state index contributed by atoms with van der Waals surface area (Å²) < 4.78 is 7.89. The van der Waals surface area contributed by atoms with Crippen molar-refractivity contribution in [3.8, 4) is 11.1 Å². The molecule has 0 spiro atoms. The SMILES string of the molecule is CCNc1ncc(-c2cnn(C)c2)cc1C(=O)N[C@H]1CCC[C@@H]1OCc1ccccc1. The van der Waals surface area contributed by atoms with Gasteiger partial charge in [0.05, 0.1) is 30.5 Å². The first-order valence-electron chi connectivity index (χ1n) is 10.8. The number of rotatable bonds is 8. The van der Waals surface area contributed by atoms with Gasteiger partial charge in [-0.3, -0.25) is 9.48 Å². The van der Waals surface area contributed by atoms with Gasteiger partial charge in [-0.25, -0.2) is 4.98 Å². The summed E-state index contributed by atoms with van der Waals surface area (Å²) in [7, 11) is 1.87. The number of hydrogen-bond acceptors (Lipinski definition) is 5. The van der Waals surface area contributed by atoms with Gasteiger partial charge in [-0.1, -0.05) is 30.3 Å². The Morgan fingerprint density at radius 1 is 1.19 bits per heavy atom. The largest absolute Gasteiger partial charge is 0.371 e. The lowest BCUT2D eigenvalue weighted by Gasteiger charge is -2.22. The maximum Gasteiger partial charge on any atom is 0.255 e. The highest BCUT2D eigenvalue weighted by Gasteiger charge is 2.30. The highest BCUT2D eigenvalue weighted by molar-refractivity contribution is 6.00. The van der Waals surface area contributed by atoms with E-state index in [1.165, 1.54) is 0 Å². The van der Waals surface area contributed by atoms with Crippen molar-refractivity contribution in [3.63, 3.8) is 0 Å². The van der Waals surface area contributed by atoms with Gasteiger partial charge in [0.1, 0.15) is 5.82 Å². The summed E-state index contributed by atoms with van der Waals surface area (Å²) in [5.74, 6) is 0.460. The van der Waals surface area contributed by atoms with Crippen molar-refractivity contribution in [3.05, 3.63) is 66.1 Å². The van der Waals surface area contributed by atoms with Crippen LogP contribution in [0.4, 0.5) is 5.82 Å². The van der Waals surface area contributed by atoms with E-state index in [9.17, 15) is 4.79 Å². The number of ether oxygens (including phenoxy) is 1. The topological polar surface area (TPSA) is 81.1 Å². The Balaban J connectivity index is 1.48. The van der Waals surface area contributed by atoms with Crippen molar-refractivity contribution in [2.24, 2.45) is 7.05 Å². The summed E-state index contributed by atoms with van der Waals surface area (Å²) in [5, 5.41) is 10.6. The molecule has 0 aliphatic heterocycles. The number of aryl methyl sites for hydroxylation is 1. The predicted molar refractivity (Wildman–Crippen MR) is 121 cm³/mol. The first-order chi connectivity index (χ1) is 15.1. The fraction of sp³-hybridized carbons (Fsp3) is 0.375. The van der Waals surface area contributed by atoms with E-state index in [-0.39, 0.29) is 18.1 Å². The molecule has 0 radical (unpaired) electrons. The number of nitrogens with zero attached hydrogens (tertiary/aromatic N) is 3. The molecule has 0 saturated heterocycles. The van der Waals surface area contributed by atoms with Gasteiger partial charge in [0.15, 0.2) is 0 Å². The Kier molecular flexibility index (Phi) is 6.62. The molecule has 1 fully saturated rings. The molecule has 2 heterocycles. The van der Waals surface area contributed by atoms with Gasteiger partial charge < -0.3 is 15.4 Å². The predicted octanol–water partition coefficient (Wildman–Crippen LogP) is 3.78. The molecule has 2 aromatic heterocycles. The van der Waals surface area contributed by atoms with Gasteiger partial charge in [-0.05, 0) is 37.8 Å². The summed E-state index contributed by atoms with van der Waals surface area (Å²) >= 11 is 0. The highest BCUT2D eigenvalue weighted by Crippen LogP contribution is 2.26. The van der Waals surface area contributed by atoms with Crippen LogP contribution < -0.4 is 10.6 Å². The average molecular weight is 420 g/mol. The first-order valence-corrected chi connectivity index (χ1v) is 10.8. The second-order valence-electron chi connectivity index (χ2n) is 7.90. The van der Waals surface area contributed by atoms with Crippen LogP contribution in [0.1, 0.15) is 42.1 Å². The molecular formula is C24H29N5O2. The van der Waals surface area contributed by atoms with Crippen LogP contribution in [0.25, 0.3) is 11.1 Å². The van der Waals surface area contributed by atoms with Crippen molar-refractivity contribution < 1.29 is 9.53 Å². The van der Waals surface area contributed by atoms with Gasteiger partial charge in [0.2, 0.25) is 0 Å². The lowest BCUT2D eigenvalue weighted by Crippen LogP contribution is -2.41. The maximum absolute atomic E-state index is 13.2. The zero-order valence-corrected chi connectivity index (χ0v) is 18.0. The summed E-state index contributed by atoms with van der Waals surface area (Å²) in [6.45, 7) is 3.23. The first kappa shape index (κ1) is 21.1. The van der Waals surface area contributed by atoms with E-state index in [1.54, 1.807) is 17.1 Å². The van der Waals surface area contributed by atoms with Gasteiger partial charge in [-0.2, -0.15) is 5.10 Å². The highest BCUT2D eigenvalue weighted by atomic mass is 16.5. The molecule has 1 aromatic carbocycles. The van der Waals surface area contributed by atoms with Crippen LogP contribution in [0.5, 0.6) is 0 Å². The maximum atomic E-state index is 13.2. The van der Waals surface area contributed by atoms with Crippen LogP contribution >= 0.6 is 0 Å². The smallest absolute Gasteiger partial charge is 0.255 e. The zero-order chi connectivity index (χ0) is 21.6. The molecule has 162 valence electrons. The fourth-order valence-electron chi connectivity index (χ4n) is 3.99. The normalized spacial score (nSPS) is 18.1. The fourth-order valence-corrected chi connectivity index (χ4v) is 3.99. The molecule has 1 saturated carbocycles. The zero-order valence-electron chi connectivity index (χ0n) is 18.0. The standard InChI is InChI=1S/C24H29N5O2/c1-3-25-23-20(12-18(13-26-23)19-14-27-29(2)15-19)24(30)28-21-10-7-11-22(21)31-16-17-8-5-4-6-9-17/h4-6,8-9,12-15,21-22H,3,7,10-11,16H2,1-2H3,(H,25,26)(H,28,30)/t21-,22-/m0/s1. The molecule has 0 unspecified atom stereocenters. The summed E-state index contributed by atoms with van der Waals surface area (Å²) in [6.07, 6.45) is 8.38. The molecule has 7 heteroatoms. The number of carbonyl (C=O) groups excluding carboxylic acids is 1. The number of carbonyl (C=O) groups is 1. The van der Waals surface area contributed by atoms with Crippen LogP contribution in [-0.2, 0) is 18.4 Å². The number of anilines is 1. The van der Waals surface area contributed by atoms with Crippen LogP contribution in [0, 0.1) is 0 Å². The average Bonchev–Trinajstić information content (AvgIpc) is 3.42. The van der Waals surface area contributed by atoms with Crippen molar-refractivity contribution in [2.45, 2.75) is 44.9 Å². The van der Waals surface area contributed by atoms with E-state index in [0.717, 1.165) is 36.0 Å². The van der Waals surface area contributed by atoms with Crippen LogP contribution in [0.3, 0.4) is 0 Å². The third kappa shape index (κ3) is 5.11. The summed E-state index contributed by atoms with van der Waals surface area (Å²) in [4.78, 5) is 17.7. The van der Waals surface area contributed by atoms with Gasteiger partial charge in [0, 0.05) is 37.1 Å². The quantitative estimate of drug-likeness (QED) is 0.581. The van der Waals surface area contributed by atoms with E-state index in [2.05, 4.69) is 32.8 Å². The van der Waals surface area contributed by atoms with E-state index >= 15 is 0 Å². The minimum Gasteiger partial charge on any atom is -0.371 e. The molecule has 1 aliphatic rings. The van der Waals surface area contributed by atoms with E-state index in [0.29, 0.717) is 24.5 Å². The van der Waals surface area contributed by atoms with Crippen molar-refractivity contribution in [1.82, 2.24) is 20.1 Å². The Hall–Kier alpha value is -3.19. The number of amides is 1. The van der Waals surface area contributed by atoms with E-state index in [1.807, 2.05) is 44.4 Å². The van der Waals surface area contributed by atoms with Gasteiger partial charge in [-0.15, -0.1) is 0 Å². The molecule has 2 atom stereocenters.